The summed E-state index contributed by atoms with van der Waals surface area (Å²) in [5.74, 6) is -1.98. The van der Waals surface area contributed by atoms with Crippen molar-refractivity contribution in [3.8, 4) is 0 Å². The highest BCUT2D eigenvalue weighted by atomic mass is 35.5. The maximum atomic E-state index is 12.9. The molecule has 0 spiro atoms. The third-order valence-corrected chi connectivity index (χ3v) is 5.73. The van der Waals surface area contributed by atoms with Crippen molar-refractivity contribution >= 4 is 35.3 Å². The summed E-state index contributed by atoms with van der Waals surface area (Å²) in [6.45, 7) is 5.00. The van der Waals surface area contributed by atoms with E-state index in [1.54, 1.807) is 19.2 Å². The maximum absolute atomic E-state index is 12.9. The third-order valence-electron chi connectivity index (χ3n) is 5.48. The Kier molecular flexibility index (Phi) is 11.9. The Balaban J connectivity index is 2.77. The molecule has 10 heteroatoms. The van der Waals surface area contributed by atoms with Gasteiger partial charge in [0.25, 0.3) is 0 Å². The molecule has 3 amide bonds. The molecule has 0 radical (unpaired) electrons. The second kappa shape index (κ2) is 13.8. The Morgan fingerprint density at radius 3 is 2.21 bits per heavy atom. The number of amides is 3. The first-order valence-electron chi connectivity index (χ1n) is 10.9. The number of nitrogens with zero attached hydrogens (tertiary/aromatic N) is 1. The van der Waals surface area contributed by atoms with E-state index in [9.17, 15) is 19.2 Å². The van der Waals surface area contributed by atoms with Gasteiger partial charge in [0, 0.05) is 12.1 Å². The van der Waals surface area contributed by atoms with Crippen LogP contribution in [0.25, 0.3) is 0 Å². The van der Waals surface area contributed by atoms with E-state index >= 15 is 0 Å². The number of likely N-dealkylation sites (N-methyl/N-ethyl adjacent to an activating group) is 2. The van der Waals surface area contributed by atoms with E-state index in [0.29, 0.717) is 17.9 Å². The normalized spacial score (nSPS) is 14.4. The van der Waals surface area contributed by atoms with E-state index in [1.807, 2.05) is 26.0 Å². The molecular weight excluding hydrogens is 448 g/mol. The molecule has 1 aromatic carbocycles. The fourth-order valence-electron chi connectivity index (χ4n) is 3.19. The molecule has 0 saturated heterocycles. The van der Waals surface area contributed by atoms with E-state index < -0.39 is 35.9 Å². The zero-order valence-corrected chi connectivity index (χ0v) is 20.9. The van der Waals surface area contributed by atoms with Crippen LogP contribution in [0, 0.1) is 5.92 Å². The molecule has 0 fully saturated rings. The smallest absolute Gasteiger partial charge is 0.328 e. The van der Waals surface area contributed by atoms with Crippen LogP contribution < -0.4 is 16.0 Å². The van der Waals surface area contributed by atoms with Crippen LogP contribution in [0.2, 0.25) is 5.02 Å². The summed E-state index contributed by atoms with van der Waals surface area (Å²) < 4.78 is 4.62. The minimum atomic E-state index is -0.854. The lowest BCUT2D eigenvalue weighted by Crippen LogP contribution is -2.55. The van der Waals surface area contributed by atoms with E-state index in [0.717, 1.165) is 5.56 Å². The number of benzene rings is 1. The van der Waals surface area contributed by atoms with Crippen LogP contribution in [0.1, 0.15) is 32.8 Å². The monoisotopic (exact) mass is 482 g/mol. The molecule has 1 unspecified atom stereocenters. The quantitative estimate of drug-likeness (QED) is 0.385. The molecule has 0 aliphatic carbocycles. The summed E-state index contributed by atoms with van der Waals surface area (Å²) in [5, 5.41) is 8.85. The topological polar surface area (TPSA) is 117 Å². The first-order valence-corrected chi connectivity index (χ1v) is 11.3. The number of halogens is 1. The first-order chi connectivity index (χ1) is 15.5. The first kappa shape index (κ1) is 28.4. The Morgan fingerprint density at radius 1 is 1.09 bits per heavy atom. The highest BCUT2D eigenvalue weighted by Gasteiger charge is 2.30. The van der Waals surface area contributed by atoms with Gasteiger partial charge in [0.1, 0.15) is 12.1 Å². The molecule has 3 N–H and O–H groups in total. The second-order valence-electron chi connectivity index (χ2n) is 8.05. The van der Waals surface area contributed by atoms with E-state index in [-0.39, 0.29) is 18.4 Å². The van der Waals surface area contributed by atoms with E-state index in [2.05, 4.69) is 20.7 Å². The molecule has 4 atom stereocenters. The fraction of sp³-hybridized carbons (Fsp3) is 0.565. The number of nitrogens with one attached hydrogen (secondary N) is 3. The molecule has 0 aliphatic rings. The van der Waals surface area contributed by atoms with Crippen LogP contribution in [0.5, 0.6) is 0 Å². The molecule has 184 valence electrons. The molecular formula is C23H35ClN4O5. The Labute approximate surface area is 200 Å². The maximum Gasteiger partial charge on any atom is 0.328 e. The summed E-state index contributed by atoms with van der Waals surface area (Å²) in [7, 11) is 4.45. The van der Waals surface area contributed by atoms with Crippen LogP contribution in [-0.4, -0.2) is 74.5 Å². The number of carbonyl (C=O) groups excluding carboxylic acids is 4. The van der Waals surface area contributed by atoms with Crippen molar-refractivity contribution in [2.45, 2.75) is 51.7 Å². The van der Waals surface area contributed by atoms with Crippen molar-refractivity contribution < 1.29 is 23.9 Å². The van der Waals surface area contributed by atoms with Gasteiger partial charge in [-0.2, -0.15) is 0 Å². The predicted octanol–water partition coefficient (Wildman–Crippen LogP) is 1.14. The van der Waals surface area contributed by atoms with Gasteiger partial charge in [0.05, 0.1) is 19.7 Å². The van der Waals surface area contributed by atoms with Crippen molar-refractivity contribution in [2.75, 3.05) is 27.7 Å². The summed E-state index contributed by atoms with van der Waals surface area (Å²) in [5.41, 5.74) is 0.929. The van der Waals surface area contributed by atoms with Gasteiger partial charge in [-0.05, 0) is 44.0 Å². The number of esters is 1. The highest BCUT2D eigenvalue weighted by Crippen LogP contribution is 2.12. The summed E-state index contributed by atoms with van der Waals surface area (Å²) in [4.78, 5) is 51.1. The summed E-state index contributed by atoms with van der Waals surface area (Å²) >= 11 is 5.91. The lowest BCUT2D eigenvalue weighted by Gasteiger charge is -2.27. The van der Waals surface area contributed by atoms with Crippen molar-refractivity contribution in [1.82, 2.24) is 20.9 Å². The number of methoxy groups -OCH3 is 1. The van der Waals surface area contributed by atoms with Crippen LogP contribution in [-0.2, 0) is 30.3 Å². The van der Waals surface area contributed by atoms with Gasteiger partial charge >= 0.3 is 5.97 Å². The van der Waals surface area contributed by atoms with Crippen molar-refractivity contribution in [3.63, 3.8) is 0 Å². The molecule has 33 heavy (non-hydrogen) atoms. The molecule has 1 rings (SSSR count). The zero-order valence-electron chi connectivity index (χ0n) is 20.1. The lowest BCUT2D eigenvalue weighted by atomic mass is 9.98. The number of carbonyl (C=O) groups is 4. The van der Waals surface area contributed by atoms with Gasteiger partial charge in [-0.25, -0.2) is 4.79 Å². The summed E-state index contributed by atoms with van der Waals surface area (Å²) in [6, 6.07) is 4.97. The van der Waals surface area contributed by atoms with Crippen molar-refractivity contribution in [3.05, 3.63) is 34.9 Å². The zero-order chi connectivity index (χ0) is 25.1. The Morgan fingerprint density at radius 2 is 1.70 bits per heavy atom. The molecule has 0 bridgehead atoms. The van der Waals surface area contributed by atoms with E-state index in [4.69, 9.17) is 11.6 Å². The van der Waals surface area contributed by atoms with Gasteiger partial charge in [-0.3, -0.25) is 14.4 Å². The lowest BCUT2D eigenvalue weighted by molar-refractivity contribution is -0.145. The van der Waals surface area contributed by atoms with Gasteiger partial charge < -0.3 is 25.6 Å². The molecule has 0 saturated carbocycles. The highest BCUT2D eigenvalue weighted by molar-refractivity contribution is 6.30. The molecule has 0 aromatic heterocycles. The summed E-state index contributed by atoms with van der Waals surface area (Å²) in [6.07, 6.45) is 1.06. The fourth-order valence-corrected chi connectivity index (χ4v) is 3.31. The van der Waals surface area contributed by atoms with Crippen LogP contribution in [0.4, 0.5) is 0 Å². The molecule has 1 aromatic rings. The van der Waals surface area contributed by atoms with Crippen molar-refractivity contribution in [1.29, 1.82) is 0 Å². The molecule has 0 heterocycles. The average molecular weight is 483 g/mol. The second-order valence-corrected chi connectivity index (χ2v) is 8.49. The largest absolute Gasteiger partial charge is 0.467 e. The number of ether oxygens (including phenoxy) is 1. The Bertz CT molecular complexity index is 818. The van der Waals surface area contributed by atoms with Gasteiger partial charge in [0.2, 0.25) is 17.7 Å². The molecule has 0 aliphatic heterocycles. The Hall–Kier alpha value is -2.65. The minimum absolute atomic E-state index is 0.185. The van der Waals surface area contributed by atoms with Gasteiger partial charge in [-0.1, -0.05) is 44.0 Å². The standard InChI is InChI=1S/C23H35ClN4O5/c1-7-14(2)20(21(30)26-15(3)23(32)33-6)27-19(29)13-28(5)22(31)18(25-4)12-16-8-10-17(24)11-9-16/h8-11,14-15,18,20,25H,7,12-13H2,1-6H3,(H,26,30)(H,27,29)/t14?,15-,18-,20+/m1/s1. The van der Waals surface area contributed by atoms with E-state index in [1.165, 1.54) is 26.0 Å². The van der Waals surface area contributed by atoms with Crippen LogP contribution in [0.15, 0.2) is 24.3 Å². The third kappa shape index (κ3) is 9.01. The minimum Gasteiger partial charge on any atom is -0.467 e. The predicted molar refractivity (Wildman–Crippen MR) is 127 cm³/mol. The van der Waals surface area contributed by atoms with Gasteiger partial charge in [0.15, 0.2) is 0 Å². The van der Waals surface area contributed by atoms with Crippen LogP contribution >= 0.6 is 11.6 Å². The number of rotatable bonds is 12. The average Bonchev–Trinajstić information content (AvgIpc) is 2.80. The SMILES string of the molecule is CCC(C)[C@H](NC(=O)CN(C)C(=O)[C@@H](Cc1ccc(Cl)cc1)NC)C(=O)N[C@H](C)C(=O)OC. The number of hydrogen-bond acceptors (Lipinski definition) is 6. The van der Waals surface area contributed by atoms with Crippen LogP contribution in [0.3, 0.4) is 0 Å². The number of hydrogen-bond donors (Lipinski definition) is 3. The molecule has 9 nitrogen and oxygen atoms in total. The van der Waals surface area contributed by atoms with Gasteiger partial charge in [-0.15, -0.1) is 0 Å². The van der Waals surface area contributed by atoms with Crippen molar-refractivity contribution in [2.24, 2.45) is 5.92 Å².